The number of carbonyl (C=O) groups is 1. The fourth-order valence-electron chi connectivity index (χ4n) is 2.25. The minimum absolute atomic E-state index is 0.308. The predicted octanol–water partition coefficient (Wildman–Crippen LogP) is 2.69. The molecule has 0 atom stereocenters. The molecule has 0 bridgehead atoms. The third kappa shape index (κ3) is 2.88. The van der Waals surface area contributed by atoms with Crippen molar-refractivity contribution >= 4 is 23.1 Å². The molecule has 0 aliphatic carbocycles. The number of carbonyl (C=O) groups excluding carboxylic acids is 1. The highest BCUT2D eigenvalue weighted by Crippen LogP contribution is 2.14. The number of hydrogen-bond acceptors (Lipinski definition) is 4. The number of rotatable bonds is 4. The number of fused-ring (bicyclic) bond motifs is 1. The highest BCUT2D eigenvalue weighted by Gasteiger charge is 2.13. The lowest BCUT2D eigenvalue weighted by molar-refractivity contribution is -0.136. The van der Waals surface area contributed by atoms with E-state index in [4.69, 9.17) is 4.74 Å². The monoisotopic (exact) mass is 293 g/mol. The molecule has 3 rings (SSSR count). The second-order valence-electron chi connectivity index (χ2n) is 4.81. The Balaban J connectivity index is 1.97. The van der Waals surface area contributed by atoms with Crippen LogP contribution in [0, 0.1) is 0 Å². The number of methoxy groups -OCH3 is 1. The summed E-state index contributed by atoms with van der Waals surface area (Å²) in [6.07, 6.45) is 1.81. The van der Waals surface area contributed by atoms with Crippen molar-refractivity contribution in [3.63, 3.8) is 0 Å². The van der Waals surface area contributed by atoms with E-state index in [1.165, 1.54) is 7.11 Å². The average Bonchev–Trinajstić information content (AvgIpc) is 2.98. The normalized spacial score (nSPS) is 11.6. The smallest absolute Gasteiger partial charge is 0.335 e. The Labute approximate surface area is 127 Å². The summed E-state index contributed by atoms with van der Waals surface area (Å²) in [5.74, 6) is -0.372. The fraction of sp³-hybridized carbons (Fsp3) is 0.118. The SMILES string of the molecule is COC(=O)C(=Cc1ccccc1)Cn1nnc2ccccc21. The van der Waals surface area contributed by atoms with Gasteiger partial charge in [0.15, 0.2) is 0 Å². The highest BCUT2D eigenvalue weighted by molar-refractivity contribution is 5.93. The summed E-state index contributed by atoms with van der Waals surface area (Å²) in [7, 11) is 1.38. The van der Waals surface area contributed by atoms with Crippen LogP contribution in [0.25, 0.3) is 17.1 Å². The molecule has 0 amide bonds. The largest absolute Gasteiger partial charge is 0.466 e. The van der Waals surface area contributed by atoms with Crippen molar-refractivity contribution in [3.05, 3.63) is 65.7 Å². The highest BCUT2D eigenvalue weighted by atomic mass is 16.5. The van der Waals surface area contributed by atoms with Crippen LogP contribution in [-0.4, -0.2) is 28.1 Å². The number of aromatic nitrogens is 3. The van der Waals surface area contributed by atoms with Crippen molar-refractivity contribution in [2.24, 2.45) is 0 Å². The summed E-state index contributed by atoms with van der Waals surface area (Å²) in [6.45, 7) is 0.308. The molecule has 0 N–H and O–H groups in total. The van der Waals surface area contributed by atoms with Crippen LogP contribution in [0.3, 0.4) is 0 Å². The molecular formula is C17H15N3O2. The number of esters is 1. The number of hydrogen-bond donors (Lipinski definition) is 0. The van der Waals surface area contributed by atoms with E-state index in [2.05, 4.69) is 10.3 Å². The van der Waals surface area contributed by atoms with Crippen LogP contribution in [0.1, 0.15) is 5.56 Å². The molecule has 0 unspecified atom stereocenters. The maximum absolute atomic E-state index is 12.0. The number of para-hydroxylation sites is 1. The van der Waals surface area contributed by atoms with Gasteiger partial charge in [0.2, 0.25) is 0 Å². The van der Waals surface area contributed by atoms with Crippen molar-refractivity contribution in [1.29, 1.82) is 0 Å². The molecule has 0 saturated heterocycles. The Hall–Kier alpha value is -2.95. The third-order valence-corrected chi connectivity index (χ3v) is 3.33. The van der Waals surface area contributed by atoms with Gasteiger partial charge in [0.1, 0.15) is 5.52 Å². The first kappa shape index (κ1) is 14.0. The van der Waals surface area contributed by atoms with Crippen molar-refractivity contribution in [2.75, 3.05) is 7.11 Å². The van der Waals surface area contributed by atoms with Gasteiger partial charge in [-0.15, -0.1) is 5.10 Å². The molecule has 5 nitrogen and oxygen atoms in total. The maximum Gasteiger partial charge on any atom is 0.335 e. The maximum atomic E-state index is 12.0. The molecule has 5 heteroatoms. The second kappa shape index (κ2) is 6.22. The molecule has 1 heterocycles. The summed E-state index contributed by atoms with van der Waals surface area (Å²) < 4.78 is 6.57. The molecule has 0 fully saturated rings. The van der Waals surface area contributed by atoms with Crippen LogP contribution in [0.4, 0.5) is 0 Å². The van der Waals surface area contributed by atoms with E-state index in [0.29, 0.717) is 12.1 Å². The summed E-state index contributed by atoms with van der Waals surface area (Å²) in [5.41, 5.74) is 3.13. The lowest BCUT2D eigenvalue weighted by Crippen LogP contribution is -2.12. The summed E-state index contributed by atoms with van der Waals surface area (Å²) in [4.78, 5) is 12.0. The van der Waals surface area contributed by atoms with Crippen molar-refractivity contribution in [1.82, 2.24) is 15.0 Å². The third-order valence-electron chi connectivity index (χ3n) is 3.33. The predicted molar refractivity (Wildman–Crippen MR) is 84.0 cm³/mol. The minimum Gasteiger partial charge on any atom is -0.466 e. The second-order valence-corrected chi connectivity index (χ2v) is 4.81. The van der Waals surface area contributed by atoms with Gasteiger partial charge in [-0.05, 0) is 23.8 Å². The van der Waals surface area contributed by atoms with Gasteiger partial charge in [-0.25, -0.2) is 9.48 Å². The van der Waals surface area contributed by atoms with E-state index in [1.54, 1.807) is 4.68 Å². The average molecular weight is 293 g/mol. The summed E-state index contributed by atoms with van der Waals surface area (Å²) in [5, 5.41) is 8.21. The first-order valence-corrected chi connectivity index (χ1v) is 6.90. The first-order valence-electron chi connectivity index (χ1n) is 6.90. The molecule has 0 aliphatic rings. The zero-order valence-corrected chi connectivity index (χ0v) is 12.1. The molecule has 0 radical (unpaired) electrons. The van der Waals surface area contributed by atoms with Gasteiger partial charge in [-0.3, -0.25) is 0 Å². The number of nitrogens with zero attached hydrogens (tertiary/aromatic N) is 3. The van der Waals surface area contributed by atoms with Crippen LogP contribution in [-0.2, 0) is 16.1 Å². The van der Waals surface area contributed by atoms with E-state index in [0.717, 1.165) is 16.6 Å². The summed E-state index contributed by atoms with van der Waals surface area (Å²) >= 11 is 0. The van der Waals surface area contributed by atoms with E-state index < -0.39 is 0 Å². The van der Waals surface area contributed by atoms with E-state index in [1.807, 2.05) is 60.7 Å². The van der Waals surface area contributed by atoms with E-state index in [-0.39, 0.29) is 5.97 Å². The Bertz CT molecular complexity index is 822. The lowest BCUT2D eigenvalue weighted by Gasteiger charge is -2.06. The Morgan fingerprint density at radius 1 is 1.14 bits per heavy atom. The van der Waals surface area contributed by atoms with Gasteiger partial charge in [0.25, 0.3) is 0 Å². The van der Waals surface area contributed by atoms with Crippen LogP contribution >= 0.6 is 0 Å². The number of ether oxygens (including phenoxy) is 1. The Morgan fingerprint density at radius 3 is 2.64 bits per heavy atom. The van der Waals surface area contributed by atoms with Crippen LogP contribution in [0.5, 0.6) is 0 Å². The standard InChI is InChI=1S/C17H15N3O2/c1-22-17(21)14(11-13-7-3-2-4-8-13)12-20-16-10-6-5-9-15(16)18-19-20/h2-11H,12H2,1H3. The van der Waals surface area contributed by atoms with Crippen molar-refractivity contribution in [3.8, 4) is 0 Å². The van der Waals surface area contributed by atoms with Gasteiger partial charge in [-0.1, -0.05) is 47.7 Å². The molecule has 110 valence electrons. The Morgan fingerprint density at radius 2 is 1.86 bits per heavy atom. The zero-order chi connectivity index (χ0) is 15.4. The molecule has 2 aromatic carbocycles. The Kier molecular flexibility index (Phi) is 3.96. The van der Waals surface area contributed by atoms with Crippen molar-refractivity contribution in [2.45, 2.75) is 6.54 Å². The fourth-order valence-corrected chi connectivity index (χ4v) is 2.25. The topological polar surface area (TPSA) is 57.0 Å². The van der Waals surface area contributed by atoms with E-state index >= 15 is 0 Å². The molecule has 0 aliphatic heterocycles. The first-order chi connectivity index (χ1) is 10.8. The van der Waals surface area contributed by atoms with Crippen LogP contribution in [0.15, 0.2) is 60.2 Å². The van der Waals surface area contributed by atoms with Crippen LogP contribution in [0.2, 0.25) is 0 Å². The van der Waals surface area contributed by atoms with Crippen LogP contribution < -0.4 is 0 Å². The zero-order valence-electron chi connectivity index (χ0n) is 12.1. The number of benzene rings is 2. The van der Waals surface area contributed by atoms with Gasteiger partial charge in [-0.2, -0.15) is 0 Å². The molecule has 22 heavy (non-hydrogen) atoms. The molecule has 0 saturated carbocycles. The van der Waals surface area contributed by atoms with Gasteiger partial charge in [0, 0.05) is 0 Å². The molecule has 1 aromatic heterocycles. The summed E-state index contributed by atoms with van der Waals surface area (Å²) in [6, 6.07) is 17.3. The molecular weight excluding hydrogens is 278 g/mol. The van der Waals surface area contributed by atoms with E-state index in [9.17, 15) is 4.79 Å². The lowest BCUT2D eigenvalue weighted by atomic mass is 10.1. The van der Waals surface area contributed by atoms with Gasteiger partial charge in [0.05, 0.1) is 24.7 Å². The van der Waals surface area contributed by atoms with Gasteiger partial charge < -0.3 is 4.74 Å². The van der Waals surface area contributed by atoms with Gasteiger partial charge >= 0.3 is 5.97 Å². The molecule has 0 spiro atoms. The molecule has 3 aromatic rings. The quantitative estimate of drug-likeness (QED) is 0.548. The minimum atomic E-state index is -0.372. The van der Waals surface area contributed by atoms with Crippen molar-refractivity contribution < 1.29 is 9.53 Å².